The van der Waals surface area contributed by atoms with Crippen molar-refractivity contribution in [2.75, 3.05) is 5.73 Å². The third-order valence-electron chi connectivity index (χ3n) is 4.32. The fourth-order valence-corrected chi connectivity index (χ4v) is 3.11. The average molecular weight is 336 g/mol. The van der Waals surface area contributed by atoms with Crippen molar-refractivity contribution in [3.05, 3.63) is 58.2 Å². The molecule has 0 radical (unpaired) electrons. The quantitative estimate of drug-likeness (QED) is 0.673. The fraction of sp³-hybridized carbons (Fsp3) is 0.167. The molecule has 126 valence electrons. The standard InChI is InChI=1S/C18H16N4O3/c19-17-15(18(20)24)13(9-3-4-9)14(10-5-6-12(23)21-8-10)16(22-17)11-2-1-7-25-11/h1-2,5-9H,3-4H2,(H2,19,22)(H2,20,24)(H,21,23). The molecule has 0 spiro atoms. The van der Waals surface area contributed by atoms with E-state index in [2.05, 4.69) is 9.97 Å². The van der Waals surface area contributed by atoms with Gasteiger partial charge in [0.1, 0.15) is 11.5 Å². The van der Waals surface area contributed by atoms with Gasteiger partial charge in [-0.25, -0.2) is 4.98 Å². The van der Waals surface area contributed by atoms with Gasteiger partial charge in [0, 0.05) is 23.4 Å². The predicted octanol–water partition coefficient (Wildman–Crippen LogP) is 2.26. The van der Waals surface area contributed by atoms with E-state index in [1.165, 1.54) is 6.07 Å². The van der Waals surface area contributed by atoms with Crippen molar-refractivity contribution in [1.29, 1.82) is 0 Å². The molecule has 0 aliphatic heterocycles. The predicted molar refractivity (Wildman–Crippen MR) is 92.9 cm³/mol. The largest absolute Gasteiger partial charge is 0.463 e. The number of hydrogen-bond donors (Lipinski definition) is 3. The molecule has 5 N–H and O–H groups in total. The number of hydrogen-bond acceptors (Lipinski definition) is 5. The number of aromatic amines is 1. The molecule has 1 aliphatic rings. The summed E-state index contributed by atoms with van der Waals surface area (Å²) in [7, 11) is 0. The van der Waals surface area contributed by atoms with Gasteiger partial charge < -0.3 is 20.9 Å². The van der Waals surface area contributed by atoms with Crippen LogP contribution in [0.4, 0.5) is 5.82 Å². The van der Waals surface area contributed by atoms with Crippen LogP contribution in [-0.2, 0) is 0 Å². The summed E-state index contributed by atoms with van der Waals surface area (Å²) in [5, 5.41) is 0. The molecule has 0 saturated heterocycles. The van der Waals surface area contributed by atoms with Gasteiger partial charge >= 0.3 is 0 Å². The second-order valence-electron chi connectivity index (χ2n) is 6.07. The molecule has 25 heavy (non-hydrogen) atoms. The molecule has 3 aromatic heterocycles. The second kappa shape index (κ2) is 5.62. The van der Waals surface area contributed by atoms with Crippen molar-refractivity contribution >= 4 is 11.7 Å². The van der Waals surface area contributed by atoms with Gasteiger partial charge in [-0.05, 0) is 42.5 Å². The smallest absolute Gasteiger partial charge is 0.252 e. The highest BCUT2D eigenvalue weighted by molar-refractivity contribution is 6.02. The molecule has 0 atom stereocenters. The molecule has 3 heterocycles. The van der Waals surface area contributed by atoms with Crippen LogP contribution in [0.3, 0.4) is 0 Å². The summed E-state index contributed by atoms with van der Waals surface area (Å²) in [6, 6.07) is 6.65. The average Bonchev–Trinajstić information content (AvgIpc) is 3.28. The molecule has 1 saturated carbocycles. The molecule has 7 nitrogen and oxygen atoms in total. The summed E-state index contributed by atoms with van der Waals surface area (Å²) in [4.78, 5) is 30.5. The minimum absolute atomic E-state index is 0.0916. The summed E-state index contributed by atoms with van der Waals surface area (Å²) < 4.78 is 5.51. The van der Waals surface area contributed by atoms with Crippen LogP contribution in [0.1, 0.15) is 34.7 Å². The van der Waals surface area contributed by atoms with Gasteiger partial charge in [-0.3, -0.25) is 9.59 Å². The first-order valence-corrected chi connectivity index (χ1v) is 7.92. The van der Waals surface area contributed by atoms with Gasteiger partial charge in [0.15, 0.2) is 5.76 Å². The zero-order valence-electron chi connectivity index (χ0n) is 13.3. The highest BCUT2D eigenvalue weighted by atomic mass is 16.3. The van der Waals surface area contributed by atoms with Crippen LogP contribution in [0, 0.1) is 0 Å². The number of aromatic nitrogens is 2. The molecular weight excluding hydrogens is 320 g/mol. The van der Waals surface area contributed by atoms with Crippen molar-refractivity contribution in [2.45, 2.75) is 18.8 Å². The summed E-state index contributed by atoms with van der Waals surface area (Å²) in [6.45, 7) is 0. The van der Waals surface area contributed by atoms with Gasteiger partial charge in [-0.2, -0.15) is 0 Å². The minimum Gasteiger partial charge on any atom is -0.463 e. The second-order valence-corrected chi connectivity index (χ2v) is 6.07. The zero-order chi connectivity index (χ0) is 17.6. The van der Waals surface area contributed by atoms with Crippen LogP contribution < -0.4 is 17.0 Å². The first-order valence-electron chi connectivity index (χ1n) is 7.92. The SMILES string of the molecule is NC(=O)c1c(N)nc(-c2ccco2)c(-c2ccc(=O)[nH]c2)c1C1CC1. The number of H-pyrrole nitrogens is 1. The van der Waals surface area contributed by atoms with Crippen molar-refractivity contribution in [3.63, 3.8) is 0 Å². The van der Waals surface area contributed by atoms with E-state index in [-0.39, 0.29) is 22.9 Å². The summed E-state index contributed by atoms with van der Waals surface area (Å²) in [5.41, 5.74) is 14.4. The Balaban J connectivity index is 2.10. The molecule has 1 aliphatic carbocycles. The summed E-state index contributed by atoms with van der Waals surface area (Å²) in [5.74, 6) is 0.201. The Hall–Kier alpha value is -3.35. The van der Waals surface area contributed by atoms with Crippen LogP contribution in [0.2, 0.25) is 0 Å². The van der Waals surface area contributed by atoms with Crippen LogP contribution in [0.5, 0.6) is 0 Å². The lowest BCUT2D eigenvalue weighted by molar-refractivity contribution is 0.1000. The number of nitrogen functional groups attached to an aromatic ring is 1. The zero-order valence-corrected chi connectivity index (χ0v) is 13.3. The van der Waals surface area contributed by atoms with Crippen LogP contribution in [0.15, 0.2) is 45.9 Å². The molecular formula is C18H16N4O3. The van der Waals surface area contributed by atoms with Crippen LogP contribution in [-0.4, -0.2) is 15.9 Å². The molecule has 3 aromatic rings. The number of nitrogens with one attached hydrogen (secondary N) is 1. The van der Waals surface area contributed by atoms with Gasteiger partial charge in [0.05, 0.1) is 11.8 Å². The first-order chi connectivity index (χ1) is 12.1. The lowest BCUT2D eigenvalue weighted by Gasteiger charge is -2.17. The lowest BCUT2D eigenvalue weighted by Crippen LogP contribution is -2.19. The Labute approximate surface area is 142 Å². The molecule has 0 aromatic carbocycles. The van der Waals surface area contributed by atoms with E-state index in [4.69, 9.17) is 15.9 Å². The molecule has 1 amide bonds. The first kappa shape index (κ1) is 15.2. The van der Waals surface area contributed by atoms with Gasteiger partial charge in [-0.1, -0.05) is 0 Å². The Morgan fingerprint density at radius 3 is 2.64 bits per heavy atom. The number of carbonyl (C=O) groups excluding carboxylic acids is 1. The monoisotopic (exact) mass is 336 g/mol. The number of nitrogens with zero attached hydrogens (tertiary/aromatic N) is 1. The van der Waals surface area contributed by atoms with Gasteiger partial charge in [-0.15, -0.1) is 0 Å². The van der Waals surface area contributed by atoms with Crippen molar-refractivity contribution < 1.29 is 9.21 Å². The molecule has 1 fully saturated rings. The van der Waals surface area contributed by atoms with Gasteiger partial charge in [0.2, 0.25) is 5.56 Å². The number of primary amides is 1. The highest BCUT2D eigenvalue weighted by Crippen LogP contribution is 2.49. The third kappa shape index (κ3) is 2.59. The van der Waals surface area contributed by atoms with E-state index in [0.717, 1.165) is 29.5 Å². The van der Waals surface area contributed by atoms with Crippen LogP contribution >= 0.6 is 0 Å². The third-order valence-corrected chi connectivity index (χ3v) is 4.32. The molecule has 0 bridgehead atoms. The summed E-state index contributed by atoms with van der Waals surface area (Å²) >= 11 is 0. The van der Waals surface area contributed by atoms with Crippen molar-refractivity contribution in [3.8, 4) is 22.6 Å². The molecule has 7 heteroatoms. The fourth-order valence-electron chi connectivity index (χ4n) is 3.11. The maximum Gasteiger partial charge on any atom is 0.252 e. The number of carbonyl (C=O) groups is 1. The number of pyridine rings is 2. The Bertz CT molecular complexity index is 997. The highest BCUT2D eigenvalue weighted by Gasteiger charge is 2.34. The molecule has 4 rings (SSSR count). The number of furan rings is 1. The number of amides is 1. The van der Waals surface area contributed by atoms with Gasteiger partial charge in [0.25, 0.3) is 5.91 Å². The Kier molecular flexibility index (Phi) is 3.42. The summed E-state index contributed by atoms with van der Waals surface area (Å²) in [6.07, 6.45) is 5.02. The molecule has 0 unspecified atom stereocenters. The number of rotatable bonds is 4. The van der Waals surface area contributed by atoms with E-state index in [1.54, 1.807) is 30.7 Å². The number of anilines is 1. The van der Waals surface area contributed by atoms with Crippen molar-refractivity contribution in [2.24, 2.45) is 5.73 Å². The van der Waals surface area contributed by atoms with Crippen molar-refractivity contribution in [1.82, 2.24) is 9.97 Å². The van der Waals surface area contributed by atoms with E-state index in [1.807, 2.05) is 0 Å². The maximum atomic E-state index is 12.0. The normalized spacial score (nSPS) is 13.8. The van der Waals surface area contributed by atoms with E-state index in [9.17, 15) is 9.59 Å². The minimum atomic E-state index is -0.608. The number of nitrogens with two attached hydrogens (primary N) is 2. The topological polar surface area (TPSA) is 128 Å². The Morgan fingerprint density at radius 2 is 2.08 bits per heavy atom. The van der Waals surface area contributed by atoms with E-state index < -0.39 is 5.91 Å². The maximum absolute atomic E-state index is 12.0. The van der Waals surface area contributed by atoms with E-state index in [0.29, 0.717) is 11.5 Å². The van der Waals surface area contributed by atoms with E-state index >= 15 is 0 Å². The van der Waals surface area contributed by atoms with Crippen LogP contribution in [0.25, 0.3) is 22.6 Å². The lowest BCUT2D eigenvalue weighted by atomic mass is 9.91. The Morgan fingerprint density at radius 1 is 1.28 bits per heavy atom.